The molecule has 4 aliphatic rings. The van der Waals surface area contributed by atoms with E-state index in [9.17, 15) is 49.8 Å². The molecule has 1 unspecified atom stereocenters. The second-order valence-corrected chi connectivity index (χ2v) is 19.4. The fourth-order valence-corrected chi connectivity index (χ4v) is 10.1. The fraction of sp³-hybridized carbons (Fsp3) is 0.368. The number of carbonyl (C=O) groups is 2. The van der Waals surface area contributed by atoms with Gasteiger partial charge >= 0.3 is 43.2 Å². The monoisotopic (exact) mass is 1120 g/mol. The third-order valence-corrected chi connectivity index (χ3v) is 14.3. The Morgan fingerprint density at radius 2 is 0.988 bits per heavy atom. The van der Waals surface area contributed by atoms with Crippen LogP contribution >= 0.6 is 0 Å². The predicted octanol–water partition coefficient (Wildman–Crippen LogP) is 9.37. The smallest absolute Gasteiger partial charge is 0.870 e. The number of hydrogen-bond donors (Lipinski definition) is 1. The molecular weight excluding hydrogens is 1060 g/mol. The van der Waals surface area contributed by atoms with Crippen LogP contribution in [0.2, 0.25) is 0 Å². The number of carboxylic acids is 1. The number of esters is 1. The normalized spacial score (nSPS) is 17.7. The van der Waals surface area contributed by atoms with Gasteiger partial charge in [0.15, 0.2) is 46.6 Å². The molecule has 80 heavy (non-hydrogen) atoms. The van der Waals surface area contributed by atoms with Crippen LogP contribution in [0.5, 0.6) is 34.5 Å². The average molecular weight is 1120 g/mol. The number of fused-ring (bicyclic) bond motifs is 2. The SMILES string of the molecule is COC(=O)[C@@H](C)[C@H](c1ccc2c(c1)OC(c1ccc(-c3cc(OC)ccc3F)nc1C(F)(F)F)CO2)C1CC1.COc1ccc(F)c(-c2ccc([C@@H]3COc4ccc([C@H](C5CC5)[C@H](C)C(=O)O)cc4O3)c(C(F)(F)F)n2)c1.O.[Li+].[OH-]. The molecule has 4 aromatic carbocycles. The van der Waals surface area contributed by atoms with Gasteiger partial charge in [-0.1, -0.05) is 38.1 Å². The van der Waals surface area contributed by atoms with Crippen LogP contribution in [0, 0.1) is 35.3 Å². The molecular formula is C57H55F8LiN2O12. The first-order chi connectivity index (χ1) is 36.7. The standard InChI is InChI=1S/C29H27F4NO5.C28H25F4NO5.Li.2H2O/c1-15(28(35)37-3)26(16-4-5-16)17-6-11-23-24(12-17)39-25(14-38-23)19-8-10-22(34-27(19)29(31,32)33)20-13-18(36-2)7-9-21(20)30;1-14(27(34)35)25(15-3-4-15)16-5-10-22-23(11-16)38-24(13-37-22)18-7-9-21(33-26(18)28(30,31)32)19-12-17(36-2)6-8-20(19)29;;;/h6-13,15-16,25-26H,4-5,14H2,1-3H3;5-12,14-15,24-25H,3-4,13H2,1-2H3,(H,34,35);;2*1H2/q;;+1;;/p-1/t15-,25?,26-;14-,24-,25-;;;/m00.../s1. The zero-order valence-electron chi connectivity index (χ0n) is 44.1. The molecule has 2 aromatic heterocycles. The largest absolute Gasteiger partial charge is 1.00 e. The van der Waals surface area contributed by atoms with Crippen molar-refractivity contribution >= 4 is 11.9 Å². The van der Waals surface area contributed by atoms with E-state index in [0.717, 1.165) is 48.9 Å². The Morgan fingerprint density at radius 3 is 1.34 bits per heavy atom. The zero-order valence-corrected chi connectivity index (χ0v) is 44.1. The van der Waals surface area contributed by atoms with E-state index in [0.29, 0.717) is 17.4 Å². The summed E-state index contributed by atoms with van der Waals surface area (Å²) in [6, 6.07) is 23.0. The number of aromatic nitrogens is 2. The van der Waals surface area contributed by atoms with Crippen LogP contribution in [0.4, 0.5) is 35.1 Å². The Morgan fingerprint density at radius 1 is 0.588 bits per heavy atom. The molecule has 0 bridgehead atoms. The number of rotatable bonds is 14. The first kappa shape index (κ1) is 62.1. The molecule has 2 aliphatic carbocycles. The van der Waals surface area contributed by atoms with Crippen LogP contribution in [-0.4, -0.2) is 72.5 Å². The van der Waals surface area contributed by atoms with Gasteiger partial charge in [0.1, 0.15) is 36.3 Å². The van der Waals surface area contributed by atoms with Crippen LogP contribution < -0.4 is 47.3 Å². The predicted molar refractivity (Wildman–Crippen MR) is 267 cm³/mol. The van der Waals surface area contributed by atoms with Gasteiger partial charge in [0, 0.05) is 22.3 Å². The molecule has 2 saturated carbocycles. The van der Waals surface area contributed by atoms with Crippen LogP contribution in [-0.2, 0) is 26.7 Å². The van der Waals surface area contributed by atoms with Crippen molar-refractivity contribution in [1.82, 2.24) is 9.97 Å². The maximum atomic E-state index is 14.5. The van der Waals surface area contributed by atoms with E-state index >= 15 is 0 Å². The molecule has 0 amide bonds. The van der Waals surface area contributed by atoms with Gasteiger partial charge in [-0.3, -0.25) is 9.59 Å². The number of nitrogens with zero attached hydrogens (tertiary/aromatic N) is 2. The zero-order chi connectivity index (χ0) is 55.1. The van der Waals surface area contributed by atoms with Crippen molar-refractivity contribution < 1.29 is 113 Å². The first-order valence-corrected chi connectivity index (χ1v) is 24.7. The quantitative estimate of drug-likeness (QED) is 0.0614. The second kappa shape index (κ2) is 25.1. The van der Waals surface area contributed by atoms with Crippen molar-refractivity contribution in [3.05, 3.63) is 142 Å². The molecule has 2 fully saturated rings. The Balaban J connectivity index is 0.000000249. The number of carbonyl (C=O) groups excluding carboxylic acids is 1. The molecule has 23 heteroatoms. The molecule has 0 radical (unpaired) electrons. The third-order valence-electron chi connectivity index (χ3n) is 14.3. The fourth-order valence-electron chi connectivity index (χ4n) is 10.1. The summed E-state index contributed by atoms with van der Waals surface area (Å²) in [7, 11) is 4.09. The molecule has 2 aliphatic heterocycles. The van der Waals surface area contributed by atoms with E-state index in [1.807, 2.05) is 13.0 Å². The van der Waals surface area contributed by atoms with Crippen LogP contribution in [0.3, 0.4) is 0 Å². The maximum absolute atomic E-state index is 14.5. The molecule has 6 atom stereocenters. The number of pyridine rings is 2. The molecule has 10 rings (SSSR count). The number of alkyl halides is 6. The van der Waals surface area contributed by atoms with Crippen molar-refractivity contribution in [1.29, 1.82) is 0 Å². The van der Waals surface area contributed by atoms with Crippen molar-refractivity contribution in [2.75, 3.05) is 34.5 Å². The molecule has 422 valence electrons. The summed E-state index contributed by atoms with van der Waals surface area (Å²) in [5, 5.41) is 9.58. The number of carboxylic acid groups (broad SMARTS) is 1. The molecule has 6 aromatic rings. The van der Waals surface area contributed by atoms with E-state index in [-0.39, 0.29) is 123 Å². The summed E-state index contributed by atoms with van der Waals surface area (Å²) >= 11 is 0. The van der Waals surface area contributed by atoms with Gasteiger partial charge < -0.3 is 49.2 Å². The third kappa shape index (κ3) is 13.4. The number of methoxy groups -OCH3 is 3. The molecule has 0 saturated heterocycles. The average Bonchev–Trinajstić information content (AvgIpc) is 4.48. The topological polar surface area (TPSA) is 206 Å². The molecule has 4 N–H and O–H groups in total. The van der Waals surface area contributed by atoms with E-state index in [2.05, 4.69) is 9.97 Å². The van der Waals surface area contributed by atoms with Gasteiger partial charge in [-0.2, -0.15) is 26.3 Å². The minimum Gasteiger partial charge on any atom is -0.870 e. The van der Waals surface area contributed by atoms with E-state index in [1.165, 1.54) is 69.9 Å². The minimum absolute atomic E-state index is 0. The van der Waals surface area contributed by atoms with Gasteiger partial charge in [0.2, 0.25) is 0 Å². The molecule has 4 heterocycles. The second-order valence-electron chi connectivity index (χ2n) is 19.4. The number of hydrogen-bond acceptors (Lipinski definition) is 12. The maximum Gasteiger partial charge on any atom is 1.00 e. The number of ether oxygens (including phenoxy) is 7. The summed E-state index contributed by atoms with van der Waals surface area (Å²) in [6.07, 6.45) is -8.14. The summed E-state index contributed by atoms with van der Waals surface area (Å²) in [5.41, 5.74) is -1.95. The van der Waals surface area contributed by atoms with Crippen molar-refractivity contribution in [2.24, 2.45) is 23.7 Å². The Kier molecular flexibility index (Phi) is 19.5. The van der Waals surface area contributed by atoms with Crippen molar-refractivity contribution in [2.45, 2.75) is 75.9 Å². The Hall–Kier alpha value is -7.12. The number of aliphatic carboxylic acids is 1. The summed E-state index contributed by atoms with van der Waals surface area (Å²) in [5.74, 6) is -1.73. The molecule has 14 nitrogen and oxygen atoms in total. The molecule has 0 spiro atoms. The minimum atomic E-state index is -4.85. The van der Waals surface area contributed by atoms with Crippen molar-refractivity contribution in [3.63, 3.8) is 0 Å². The van der Waals surface area contributed by atoms with Gasteiger partial charge in [-0.05, 0) is 133 Å². The van der Waals surface area contributed by atoms with Gasteiger partial charge in [-0.15, -0.1) is 0 Å². The van der Waals surface area contributed by atoms with Crippen LogP contribution in [0.1, 0.15) is 97.2 Å². The van der Waals surface area contributed by atoms with E-state index < -0.39 is 65.4 Å². The van der Waals surface area contributed by atoms with Gasteiger partial charge in [0.05, 0.1) is 44.6 Å². The van der Waals surface area contributed by atoms with Crippen LogP contribution in [0.15, 0.2) is 97.1 Å². The number of halogens is 8. The van der Waals surface area contributed by atoms with Crippen molar-refractivity contribution in [3.8, 4) is 57.0 Å². The summed E-state index contributed by atoms with van der Waals surface area (Å²) in [4.78, 5) is 31.6. The van der Waals surface area contributed by atoms with E-state index in [1.54, 1.807) is 37.3 Å². The summed E-state index contributed by atoms with van der Waals surface area (Å²) in [6.45, 7) is 3.09. The van der Waals surface area contributed by atoms with Gasteiger partial charge in [-0.25, -0.2) is 18.7 Å². The first-order valence-electron chi connectivity index (χ1n) is 24.7. The van der Waals surface area contributed by atoms with Crippen LogP contribution in [0.25, 0.3) is 22.5 Å². The van der Waals surface area contributed by atoms with Gasteiger partial charge in [0.25, 0.3) is 0 Å². The Labute approximate surface area is 466 Å². The Bertz CT molecular complexity index is 3190. The summed E-state index contributed by atoms with van der Waals surface area (Å²) < 4.78 is 153. The van der Waals surface area contributed by atoms with E-state index in [4.69, 9.17) is 33.2 Å². The number of benzene rings is 4.